The standard InChI is InChI=1S/C15H15N3O2S/c1-20-13-8-7-11(17-15(16)21)9-12(13)18-14(19)10-5-3-2-4-6-10/h2-9H,1H3,(H,18,19)(H3,16,17,21). The van der Waals surface area contributed by atoms with E-state index in [9.17, 15) is 4.79 Å². The Balaban J connectivity index is 2.25. The number of thiocarbonyl (C=S) groups is 1. The number of anilines is 2. The third-order valence-corrected chi connectivity index (χ3v) is 2.85. The largest absolute Gasteiger partial charge is 0.495 e. The van der Waals surface area contributed by atoms with E-state index < -0.39 is 0 Å². The Morgan fingerprint density at radius 2 is 1.86 bits per heavy atom. The van der Waals surface area contributed by atoms with Crippen molar-refractivity contribution in [3.63, 3.8) is 0 Å². The van der Waals surface area contributed by atoms with Gasteiger partial charge in [0.05, 0.1) is 12.8 Å². The number of nitrogens with one attached hydrogen (secondary N) is 2. The van der Waals surface area contributed by atoms with Gasteiger partial charge in [-0.3, -0.25) is 4.79 Å². The van der Waals surface area contributed by atoms with Gasteiger partial charge in [-0.05, 0) is 42.5 Å². The summed E-state index contributed by atoms with van der Waals surface area (Å²) in [4.78, 5) is 12.2. The molecule has 108 valence electrons. The van der Waals surface area contributed by atoms with Gasteiger partial charge in [-0.15, -0.1) is 0 Å². The van der Waals surface area contributed by atoms with Crippen molar-refractivity contribution in [3.05, 3.63) is 54.1 Å². The molecule has 0 saturated heterocycles. The number of hydrogen-bond acceptors (Lipinski definition) is 3. The molecule has 2 aromatic rings. The summed E-state index contributed by atoms with van der Waals surface area (Å²) < 4.78 is 5.24. The lowest BCUT2D eigenvalue weighted by Gasteiger charge is -2.12. The molecule has 0 aliphatic rings. The van der Waals surface area contributed by atoms with Crippen molar-refractivity contribution >= 4 is 34.6 Å². The van der Waals surface area contributed by atoms with Crippen LogP contribution >= 0.6 is 12.2 Å². The fourth-order valence-corrected chi connectivity index (χ4v) is 1.93. The third-order valence-electron chi connectivity index (χ3n) is 2.75. The van der Waals surface area contributed by atoms with Gasteiger partial charge in [-0.2, -0.15) is 0 Å². The first-order valence-electron chi connectivity index (χ1n) is 6.21. The Kier molecular flexibility index (Phi) is 4.73. The predicted octanol–water partition coefficient (Wildman–Crippen LogP) is 2.60. The lowest BCUT2D eigenvalue weighted by molar-refractivity contribution is 0.102. The predicted molar refractivity (Wildman–Crippen MR) is 87.8 cm³/mol. The first-order chi connectivity index (χ1) is 10.1. The molecule has 21 heavy (non-hydrogen) atoms. The van der Waals surface area contributed by atoms with Gasteiger partial charge in [0.1, 0.15) is 5.75 Å². The summed E-state index contributed by atoms with van der Waals surface area (Å²) in [6.07, 6.45) is 0. The van der Waals surface area contributed by atoms with E-state index in [-0.39, 0.29) is 11.0 Å². The first-order valence-corrected chi connectivity index (χ1v) is 6.62. The summed E-state index contributed by atoms with van der Waals surface area (Å²) in [5, 5.41) is 5.77. The minimum atomic E-state index is -0.221. The quantitative estimate of drug-likeness (QED) is 0.757. The van der Waals surface area contributed by atoms with Crippen molar-refractivity contribution < 1.29 is 9.53 Å². The van der Waals surface area contributed by atoms with Crippen LogP contribution in [0.15, 0.2) is 48.5 Å². The van der Waals surface area contributed by atoms with E-state index in [0.717, 1.165) is 0 Å². The molecular weight excluding hydrogens is 286 g/mol. The Hall–Kier alpha value is -2.60. The van der Waals surface area contributed by atoms with E-state index >= 15 is 0 Å². The summed E-state index contributed by atoms with van der Waals surface area (Å²) in [6.45, 7) is 0. The highest BCUT2D eigenvalue weighted by atomic mass is 32.1. The van der Waals surface area contributed by atoms with Gasteiger partial charge in [0.25, 0.3) is 5.91 Å². The SMILES string of the molecule is COc1ccc(NC(N)=S)cc1NC(=O)c1ccccc1. The highest BCUT2D eigenvalue weighted by Gasteiger charge is 2.10. The lowest BCUT2D eigenvalue weighted by Crippen LogP contribution is -2.19. The van der Waals surface area contributed by atoms with E-state index in [2.05, 4.69) is 10.6 Å². The Bertz CT molecular complexity index is 659. The molecule has 0 radical (unpaired) electrons. The van der Waals surface area contributed by atoms with E-state index in [1.165, 1.54) is 7.11 Å². The van der Waals surface area contributed by atoms with Crippen molar-refractivity contribution in [1.82, 2.24) is 0 Å². The second-order valence-corrected chi connectivity index (χ2v) is 4.66. The van der Waals surface area contributed by atoms with Gasteiger partial charge in [0, 0.05) is 11.3 Å². The highest BCUT2D eigenvalue weighted by molar-refractivity contribution is 7.80. The molecule has 2 aromatic carbocycles. The molecule has 0 spiro atoms. The van der Waals surface area contributed by atoms with Crippen LogP contribution in [0.4, 0.5) is 11.4 Å². The fourth-order valence-electron chi connectivity index (χ4n) is 1.81. The molecule has 0 aromatic heterocycles. The third kappa shape index (κ3) is 3.93. The van der Waals surface area contributed by atoms with Crippen molar-refractivity contribution in [2.24, 2.45) is 5.73 Å². The average Bonchev–Trinajstić information content (AvgIpc) is 2.48. The molecule has 0 bridgehead atoms. The van der Waals surface area contributed by atoms with E-state index in [4.69, 9.17) is 22.7 Å². The van der Waals surface area contributed by atoms with Crippen LogP contribution in [0.25, 0.3) is 0 Å². The van der Waals surface area contributed by atoms with Crippen LogP contribution in [-0.4, -0.2) is 18.1 Å². The molecule has 2 rings (SSSR count). The van der Waals surface area contributed by atoms with Crippen LogP contribution < -0.4 is 21.1 Å². The van der Waals surface area contributed by atoms with Crippen molar-refractivity contribution in [2.45, 2.75) is 0 Å². The maximum absolute atomic E-state index is 12.2. The number of nitrogens with two attached hydrogens (primary N) is 1. The molecule has 4 N–H and O–H groups in total. The molecule has 0 fully saturated rings. The van der Waals surface area contributed by atoms with Crippen LogP contribution in [0.3, 0.4) is 0 Å². The molecule has 1 amide bonds. The van der Waals surface area contributed by atoms with Gasteiger partial charge >= 0.3 is 0 Å². The number of carbonyl (C=O) groups excluding carboxylic acids is 1. The normalized spacial score (nSPS) is 9.76. The molecule has 0 heterocycles. The summed E-state index contributed by atoms with van der Waals surface area (Å²) >= 11 is 4.79. The van der Waals surface area contributed by atoms with Gasteiger partial charge < -0.3 is 21.1 Å². The van der Waals surface area contributed by atoms with E-state index in [1.807, 2.05) is 6.07 Å². The van der Waals surface area contributed by atoms with Crippen LogP contribution in [0, 0.1) is 0 Å². The Morgan fingerprint density at radius 1 is 1.14 bits per heavy atom. The van der Waals surface area contributed by atoms with Gasteiger partial charge in [-0.1, -0.05) is 18.2 Å². The molecule has 0 aliphatic heterocycles. The van der Waals surface area contributed by atoms with Crippen LogP contribution in [0.2, 0.25) is 0 Å². The minimum absolute atomic E-state index is 0.153. The number of benzene rings is 2. The monoisotopic (exact) mass is 301 g/mol. The number of hydrogen-bond donors (Lipinski definition) is 3. The Labute approximate surface area is 128 Å². The molecule has 0 atom stereocenters. The summed E-state index contributed by atoms with van der Waals surface area (Å²) in [5.41, 5.74) is 7.21. The number of ether oxygens (including phenoxy) is 1. The first kappa shape index (κ1) is 14.8. The number of carbonyl (C=O) groups is 1. The van der Waals surface area contributed by atoms with Crippen molar-refractivity contribution in [2.75, 3.05) is 17.7 Å². The maximum Gasteiger partial charge on any atom is 0.255 e. The van der Waals surface area contributed by atoms with Crippen molar-refractivity contribution in [3.8, 4) is 5.75 Å². The maximum atomic E-state index is 12.2. The average molecular weight is 301 g/mol. The van der Waals surface area contributed by atoms with Crippen LogP contribution in [0.1, 0.15) is 10.4 Å². The van der Waals surface area contributed by atoms with Crippen molar-refractivity contribution in [1.29, 1.82) is 0 Å². The summed E-state index contributed by atoms with van der Waals surface area (Å²) in [5.74, 6) is 0.328. The smallest absolute Gasteiger partial charge is 0.255 e. The number of rotatable bonds is 4. The second kappa shape index (κ2) is 6.71. The summed E-state index contributed by atoms with van der Waals surface area (Å²) in [7, 11) is 1.54. The Morgan fingerprint density at radius 3 is 2.48 bits per heavy atom. The van der Waals surface area contributed by atoms with Gasteiger partial charge in [0.2, 0.25) is 0 Å². The second-order valence-electron chi connectivity index (χ2n) is 4.22. The molecule has 0 aliphatic carbocycles. The molecule has 5 nitrogen and oxygen atoms in total. The molecule has 0 saturated carbocycles. The van der Waals surface area contributed by atoms with Gasteiger partial charge in [0.15, 0.2) is 5.11 Å². The molecular formula is C15H15N3O2S. The number of amides is 1. The number of methoxy groups -OCH3 is 1. The highest BCUT2D eigenvalue weighted by Crippen LogP contribution is 2.28. The van der Waals surface area contributed by atoms with Gasteiger partial charge in [-0.25, -0.2) is 0 Å². The topological polar surface area (TPSA) is 76.4 Å². The molecule has 6 heteroatoms. The fraction of sp³-hybridized carbons (Fsp3) is 0.0667. The lowest BCUT2D eigenvalue weighted by atomic mass is 10.2. The summed E-state index contributed by atoms with van der Waals surface area (Å²) in [6, 6.07) is 14.1. The molecule has 0 unspecified atom stereocenters. The van der Waals surface area contributed by atoms with Crippen LogP contribution in [0.5, 0.6) is 5.75 Å². The van der Waals surface area contributed by atoms with Crippen LogP contribution in [-0.2, 0) is 0 Å². The zero-order chi connectivity index (χ0) is 15.2. The zero-order valence-corrected chi connectivity index (χ0v) is 12.2. The van der Waals surface area contributed by atoms with E-state index in [1.54, 1.807) is 42.5 Å². The van der Waals surface area contributed by atoms with E-state index in [0.29, 0.717) is 22.7 Å². The minimum Gasteiger partial charge on any atom is -0.495 e. The zero-order valence-electron chi connectivity index (χ0n) is 11.4.